The Morgan fingerprint density at radius 1 is 1.36 bits per heavy atom. The van der Waals surface area contributed by atoms with Crippen LogP contribution in [0.25, 0.3) is 0 Å². The van der Waals surface area contributed by atoms with Crippen LogP contribution in [0.2, 0.25) is 5.02 Å². The fraction of sp³-hybridized carbons (Fsp3) is 0.400. The number of fused-ring (bicyclic) bond motifs is 1. The van der Waals surface area contributed by atoms with E-state index < -0.39 is 0 Å². The molecule has 3 rings (SSSR count). The Hall–Kier alpha value is -1.32. The third-order valence-electron chi connectivity index (χ3n) is 4.59. The molecule has 0 unspecified atom stereocenters. The minimum Gasteiger partial charge on any atom is -0.357 e. The van der Waals surface area contributed by atoms with E-state index in [2.05, 4.69) is 21.8 Å². The zero-order valence-electron chi connectivity index (χ0n) is 16.2. The monoisotopic (exact) mass is 532 g/mol. The van der Waals surface area contributed by atoms with Crippen LogP contribution in [0.5, 0.6) is 0 Å². The molecule has 5 nitrogen and oxygen atoms in total. The van der Waals surface area contributed by atoms with Gasteiger partial charge in [0.25, 0.3) is 0 Å². The molecule has 1 aliphatic heterocycles. The molecule has 0 fully saturated rings. The van der Waals surface area contributed by atoms with Crippen LogP contribution in [0.15, 0.2) is 40.7 Å². The number of carbonyl (C=O) groups is 1. The summed E-state index contributed by atoms with van der Waals surface area (Å²) in [6.45, 7) is 4.99. The van der Waals surface area contributed by atoms with Crippen molar-refractivity contribution in [2.24, 2.45) is 4.99 Å². The van der Waals surface area contributed by atoms with Crippen molar-refractivity contribution in [3.8, 4) is 0 Å². The van der Waals surface area contributed by atoms with Crippen molar-refractivity contribution >= 4 is 58.8 Å². The van der Waals surface area contributed by atoms with E-state index in [1.165, 1.54) is 10.4 Å². The van der Waals surface area contributed by atoms with Gasteiger partial charge in [-0.1, -0.05) is 29.8 Å². The van der Waals surface area contributed by atoms with E-state index in [9.17, 15) is 4.79 Å². The Kier molecular flexibility index (Phi) is 9.04. The van der Waals surface area contributed by atoms with E-state index in [0.29, 0.717) is 19.0 Å². The van der Waals surface area contributed by atoms with Gasteiger partial charge in [0.15, 0.2) is 5.96 Å². The van der Waals surface area contributed by atoms with E-state index >= 15 is 0 Å². The summed E-state index contributed by atoms with van der Waals surface area (Å²) in [6.07, 6.45) is 0.939. The molecule has 1 amide bonds. The molecular weight excluding hydrogens is 507 g/mol. The van der Waals surface area contributed by atoms with Gasteiger partial charge in [0.1, 0.15) is 6.54 Å². The van der Waals surface area contributed by atoms with Crippen LogP contribution in [-0.2, 0) is 24.3 Å². The minimum absolute atomic E-state index is 0. The zero-order chi connectivity index (χ0) is 19.2. The first-order valence-corrected chi connectivity index (χ1v) is 10.4. The molecule has 1 aliphatic rings. The van der Waals surface area contributed by atoms with Gasteiger partial charge in [-0.05, 0) is 42.0 Å². The molecule has 2 aromatic rings. The lowest BCUT2D eigenvalue weighted by molar-refractivity contribution is -0.130. The molecule has 0 radical (unpaired) electrons. The van der Waals surface area contributed by atoms with Crippen LogP contribution in [0.3, 0.4) is 0 Å². The number of guanidine groups is 1. The van der Waals surface area contributed by atoms with Gasteiger partial charge >= 0.3 is 0 Å². The number of nitrogens with zero attached hydrogens (tertiary/aromatic N) is 3. The van der Waals surface area contributed by atoms with Gasteiger partial charge in [-0.2, -0.15) is 0 Å². The van der Waals surface area contributed by atoms with Crippen molar-refractivity contribution in [1.29, 1.82) is 0 Å². The summed E-state index contributed by atoms with van der Waals surface area (Å²) in [5.74, 6) is 0.771. The van der Waals surface area contributed by atoms with Crippen LogP contribution in [0, 0.1) is 0 Å². The second-order valence-corrected chi connectivity index (χ2v) is 7.96. The molecule has 0 spiro atoms. The summed E-state index contributed by atoms with van der Waals surface area (Å²) in [5.41, 5.74) is 2.30. The highest BCUT2D eigenvalue weighted by molar-refractivity contribution is 14.0. The standard InChI is InChI=1S/C20H25ClN4OS.HI/c1-3-22-20(24(2)13-15-6-4-5-7-17(15)21)23-12-19(26)25-10-8-18-16(14-25)9-11-27-18;/h4-7,9,11H,3,8,10,12-14H2,1-2H3,(H,22,23);1H. The smallest absolute Gasteiger partial charge is 0.244 e. The van der Waals surface area contributed by atoms with Crippen molar-refractivity contribution in [3.63, 3.8) is 0 Å². The first kappa shape index (κ1) is 23.0. The first-order valence-electron chi connectivity index (χ1n) is 9.14. The lowest BCUT2D eigenvalue weighted by Gasteiger charge is -2.27. The number of benzene rings is 1. The molecule has 1 aromatic carbocycles. The molecule has 28 heavy (non-hydrogen) atoms. The van der Waals surface area contributed by atoms with Gasteiger partial charge in [0.2, 0.25) is 5.91 Å². The Morgan fingerprint density at radius 2 is 2.14 bits per heavy atom. The van der Waals surface area contributed by atoms with Gasteiger partial charge in [0.05, 0.1) is 0 Å². The lowest BCUT2D eigenvalue weighted by Crippen LogP contribution is -2.41. The number of carbonyl (C=O) groups excluding carboxylic acids is 1. The number of rotatable bonds is 5. The highest BCUT2D eigenvalue weighted by atomic mass is 127. The first-order chi connectivity index (χ1) is 13.1. The molecule has 1 N–H and O–H groups in total. The molecule has 2 heterocycles. The molecule has 0 saturated carbocycles. The van der Waals surface area contributed by atoms with Crippen molar-refractivity contribution < 1.29 is 4.79 Å². The predicted octanol–water partition coefficient (Wildman–Crippen LogP) is 4.00. The van der Waals surface area contributed by atoms with E-state index in [1.807, 2.05) is 48.0 Å². The number of aliphatic imine (C=N–C) groups is 1. The van der Waals surface area contributed by atoms with Gasteiger partial charge < -0.3 is 15.1 Å². The molecular formula is C20H26ClIN4OS. The summed E-state index contributed by atoms with van der Waals surface area (Å²) in [7, 11) is 1.95. The predicted molar refractivity (Wildman–Crippen MR) is 128 cm³/mol. The molecule has 152 valence electrons. The van der Waals surface area contributed by atoms with E-state index in [-0.39, 0.29) is 36.4 Å². The number of nitrogens with one attached hydrogen (secondary N) is 1. The van der Waals surface area contributed by atoms with Crippen LogP contribution >= 0.6 is 46.9 Å². The topological polar surface area (TPSA) is 47.9 Å². The number of hydrogen-bond acceptors (Lipinski definition) is 3. The average Bonchev–Trinajstić information content (AvgIpc) is 3.14. The quantitative estimate of drug-likeness (QED) is 0.360. The summed E-state index contributed by atoms with van der Waals surface area (Å²) >= 11 is 8.04. The van der Waals surface area contributed by atoms with Crippen molar-refractivity contribution in [2.75, 3.05) is 26.7 Å². The molecule has 8 heteroatoms. The Labute approximate surface area is 192 Å². The third kappa shape index (κ3) is 5.84. The Morgan fingerprint density at radius 3 is 2.89 bits per heavy atom. The van der Waals surface area contributed by atoms with Gasteiger partial charge in [-0.15, -0.1) is 35.3 Å². The maximum Gasteiger partial charge on any atom is 0.244 e. The second-order valence-electron chi connectivity index (χ2n) is 6.55. The van der Waals surface area contributed by atoms with Crippen LogP contribution in [-0.4, -0.2) is 48.3 Å². The fourth-order valence-corrected chi connectivity index (χ4v) is 4.22. The maximum atomic E-state index is 12.6. The normalized spacial score (nSPS) is 13.5. The van der Waals surface area contributed by atoms with E-state index in [0.717, 1.165) is 30.1 Å². The van der Waals surface area contributed by atoms with Crippen molar-refractivity contribution in [3.05, 3.63) is 56.7 Å². The zero-order valence-corrected chi connectivity index (χ0v) is 20.1. The molecule has 0 atom stereocenters. The van der Waals surface area contributed by atoms with Gasteiger partial charge in [0, 0.05) is 43.1 Å². The van der Waals surface area contributed by atoms with E-state index in [1.54, 1.807) is 11.3 Å². The molecule has 0 bridgehead atoms. The van der Waals surface area contributed by atoms with Gasteiger partial charge in [-0.25, -0.2) is 4.99 Å². The lowest BCUT2D eigenvalue weighted by atomic mass is 10.1. The van der Waals surface area contributed by atoms with E-state index in [4.69, 9.17) is 11.6 Å². The summed E-state index contributed by atoms with van der Waals surface area (Å²) in [4.78, 5) is 22.5. The molecule has 1 aromatic heterocycles. The van der Waals surface area contributed by atoms with Crippen molar-refractivity contribution in [1.82, 2.24) is 15.1 Å². The number of thiophene rings is 1. The molecule has 0 aliphatic carbocycles. The third-order valence-corrected chi connectivity index (χ3v) is 5.98. The number of hydrogen-bond donors (Lipinski definition) is 1. The van der Waals surface area contributed by atoms with Crippen LogP contribution in [0.4, 0.5) is 0 Å². The highest BCUT2D eigenvalue weighted by Crippen LogP contribution is 2.24. The Bertz CT molecular complexity index is 826. The number of amides is 1. The molecule has 0 saturated heterocycles. The maximum absolute atomic E-state index is 12.6. The summed E-state index contributed by atoms with van der Waals surface area (Å²) in [6, 6.07) is 9.89. The van der Waals surface area contributed by atoms with Crippen LogP contribution < -0.4 is 5.32 Å². The average molecular weight is 533 g/mol. The largest absolute Gasteiger partial charge is 0.357 e. The van der Waals surface area contributed by atoms with Crippen molar-refractivity contribution in [2.45, 2.75) is 26.4 Å². The minimum atomic E-state index is 0. The van der Waals surface area contributed by atoms with Gasteiger partial charge in [-0.3, -0.25) is 4.79 Å². The highest BCUT2D eigenvalue weighted by Gasteiger charge is 2.21. The second kappa shape index (κ2) is 11.0. The SMILES string of the molecule is CCNC(=NCC(=O)N1CCc2sccc2C1)N(C)Cc1ccccc1Cl.I. The summed E-state index contributed by atoms with van der Waals surface area (Å²) in [5, 5.41) is 6.09. The van der Waals surface area contributed by atoms with Crippen LogP contribution in [0.1, 0.15) is 22.9 Å². The fourth-order valence-electron chi connectivity index (χ4n) is 3.13. The summed E-state index contributed by atoms with van der Waals surface area (Å²) < 4.78 is 0. The number of halogens is 2. The Balaban J connectivity index is 0.00000280.